The van der Waals surface area contributed by atoms with E-state index in [1.54, 1.807) is 12.5 Å². The Morgan fingerprint density at radius 3 is 2.75 bits per heavy atom. The van der Waals surface area contributed by atoms with Crippen LogP contribution in [-0.4, -0.2) is 31.3 Å². The Bertz CT molecular complexity index is 349. The van der Waals surface area contributed by atoms with Crippen molar-refractivity contribution in [3.05, 3.63) is 12.4 Å². The summed E-state index contributed by atoms with van der Waals surface area (Å²) in [7, 11) is -0.743. The van der Waals surface area contributed by atoms with E-state index < -0.39 is 10.8 Å². The van der Waals surface area contributed by atoms with Crippen molar-refractivity contribution in [2.75, 3.05) is 11.6 Å². The standard InChI is InChI=1S/C11H21N3OS/c1-9(2)13-11-12-6-8-14(11)7-5-10(3)16(4)15/h6,8-10H,5,7H2,1-4H3,(H,12,13). The van der Waals surface area contributed by atoms with E-state index in [1.165, 1.54) is 0 Å². The fourth-order valence-corrected chi connectivity index (χ4v) is 1.81. The van der Waals surface area contributed by atoms with Gasteiger partial charge in [-0.05, 0) is 20.3 Å². The van der Waals surface area contributed by atoms with Crippen LogP contribution < -0.4 is 5.32 Å². The molecule has 1 heterocycles. The summed E-state index contributed by atoms with van der Waals surface area (Å²) < 4.78 is 13.3. The van der Waals surface area contributed by atoms with Crippen molar-refractivity contribution in [3.63, 3.8) is 0 Å². The maximum Gasteiger partial charge on any atom is 0.202 e. The number of imidazole rings is 1. The summed E-state index contributed by atoms with van der Waals surface area (Å²) >= 11 is 0. The quantitative estimate of drug-likeness (QED) is 0.829. The minimum atomic E-state index is -0.743. The third-order valence-electron chi connectivity index (χ3n) is 2.48. The van der Waals surface area contributed by atoms with Crippen molar-refractivity contribution < 1.29 is 4.21 Å². The molecule has 1 aromatic rings. The molecule has 0 aliphatic carbocycles. The van der Waals surface area contributed by atoms with E-state index in [-0.39, 0.29) is 5.25 Å². The maximum atomic E-state index is 11.2. The van der Waals surface area contributed by atoms with Gasteiger partial charge in [0.05, 0.1) is 0 Å². The molecule has 0 saturated carbocycles. The van der Waals surface area contributed by atoms with Gasteiger partial charge in [0.15, 0.2) is 0 Å². The summed E-state index contributed by atoms with van der Waals surface area (Å²) in [5.74, 6) is 0.893. The number of hydrogen-bond acceptors (Lipinski definition) is 3. The Kier molecular flexibility index (Phi) is 4.99. The van der Waals surface area contributed by atoms with E-state index in [0.29, 0.717) is 6.04 Å². The first kappa shape index (κ1) is 13.2. The SMILES string of the molecule is CC(C)Nc1nccn1CCC(C)S(C)=O. The van der Waals surface area contributed by atoms with Crippen molar-refractivity contribution in [1.29, 1.82) is 0 Å². The number of aryl methyl sites for hydroxylation is 1. The van der Waals surface area contributed by atoms with Gasteiger partial charge in [0.2, 0.25) is 5.95 Å². The highest BCUT2D eigenvalue weighted by Gasteiger charge is 2.08. The molecule has 0 spiro atoms. The van der Waals surface area contributed by atoms with Crippen LogP contribution >= 0.6 is 0 Å². The van der Waals surface area contributed by atoms with Crippen LogP contribution in [-0.2, 0) is 17.3 Å². The highest BCUT2D eigenvalue weighted by molar-refractivity contribution is 7.84. The van der Waals surface area contributed by atoms with Crippen molar-refractivity contribution in [3.8, 4) is 0 Å². The Balaban J connectivity index is 2.53. The van der Waals surface area contributed by atoms with E-state index in [4.69, 9.17) is 0 Å². The average Bonchev–Trinajstić information content (AvgIpc) is 2.60. The van der Waals surface area contributed by atoms with Crippen LogP contribution in [0.3, 0.4) is 0 Å². The topological polar surface area (TPSA) is 46.9 Å². The van der Waals surface area contributed by atoms with Gasteiger partial charge in [-0.25, -0.2) is 4.98 Å². The second-order valence-electron chi connectivity index (χ2n) is 4.34. The molecule has 1 aromatic heterocycles. The Morgan fingerprint density at radius 2 is 2.19 bits per heavy atom. The number of hydrogen-bond donors (Lipinski definition) is 1. The molecule has 0 radical (unpaired) electrons. The van der Waals surface area contributed by atoms with Gasteiger partial charge in [-0.15, -0.1) is 0 Å². The summed E-state index contributed by atoms with van der Waals surface area (Å²) in [6.07, 6.45) is 6.41. The fraction of sp³-hybridized carbons (Fsp3) is 0.727. The molecule has 0 aliphatic rings. The molecular formula is C11H21N3OS. The molecule has 2 unspecified atom stereocenters. The first-order valence-electron chi connectivity index (χ1n) is 5.60. The van der Waals surface area contributed by atoms with Crippen LogP contribution in [0.15, 0.2) is 12.4 Å². The van der Waals surface area contributed by atoms with Gasteiger partial charge in [-0.3, -0.25) is 4.21 Å². The Hall–Kier alpha value is -0.840. The predicted molar refractivity (Wildman–Crippen MR) is 69.1 cm³/mol. The Morgan fingerprint density at radius 1 is 1.50 bits per heavy atom. The lowest BCUT2D eigenvalue weighted by molar-refractivity contribution is 0.619. The first-order chi connectivity index (χ1) is 7.50. The normalized spacial score (nSPS) is 15.1. The minimum absolute atomic E-state index is 0.231. The molecular weight excluding hydrogens is 222 g/mol. The lowest BCUT2D eigenvalue weighted by Crippen LogP contribution is -2.17. The highest BCUT2D eigenvalue weighted by atomic mass is 32.2. The van der Waals surface area contributed by atoms with E-state index in [2.05, 4.69) is 28.7 Å². The van der Waals surface area contributed by atoms with Crippen molar-refractivity contribution in [2.24, 2.45) is 0 Å². The molecule has 1 N–H and O–H groups in total. The molecule has 92 valence electrons. The molecule has 0 aromatic carbocycles. The van der Waals surface area contributed by atoms with E-state index in [9.17, 15) is 4.21 Å². The third kappa shape index (κ3) is 3.96. The van der Waals surface area contributed by atoms with Crippen LogP contribution in [0, 0.1) is 0 Å². The Labute approximate surface area is 99.9 Å². The summed E-state index contributed by atoms with van der Waals surface area (Å²) in [5, 5.41) is 3.51. The van der Waals surface area contributed by atoms with Gasteiger partial charge >= 0.3 is 0 Å². The van der Waals surface area contributed by atoms with Crippen LogP contribution in [0.25, 0.3) is 0 Å². The summed E-state index contributed by atoms with van der Waals surface area (Å²) in [5.41, 5.74) is 0. The van der Waals surface area contributed by atoms with Gasteiger partial charge in [-0.1, -0.05) is 6.92 Å². The molecule has 2 atom stereocenters. The molecule has 0 fully saturated rings. The first-order valence-corrected chi connectivity index (χ1v) is 7.22. The highest BCUT2D eigenvalue weighted by Crippen LogP contribution is 2.09. The van der Waals surface area contributed by atoms with Crippen LogP contribution in [0.4, 0.5) is 5.95 Å². The van der Waals surface area contributed by atoms with Crippen molar-refractivity contribution in [1.82, 2.24) is 9.55 Å². The van der Waals surface area contributed by atoms with Crippen molar-refractivity contribution >= 4 is 16.7 Å². The zero-order valence-electron chi connectivity index (χ0n) is 10.4. The van der Waals surface area contributed by atoms with Crippen molar-refractivity contribution in [2.45, 2.75) is 45.0 Å². The van der Waals surface area contributed by atoms with E-state index in [1.807, 2.05) is 13.1 Å². The second kappa shape index (κ2) is 6.03. The second-order valence-corrected chi connectivity index (χ2v) is 6.14. The molecule has 0 bridgehead atoms. The van der Waals surface area contributed by atoms with E-state index in [0.717, 1.165) is 18.9 Å². The van der Waals surface area contributed by atoms with Crippen LogP contribution in [0.2, 0.25) is 0 Å². The molecule has 0 amide bonds. The lowest BCUT2D eigenvalue weighted by Gasteiger charge is -2.13. The number of nitrogens with zero attached hydrogens (tertiary/aromatic N) is 2. The molecule has 0 aliphatic heterocycles. The fourth-order valence-electron chi connectivity index (χ4n) is 1.37. The van der Waals surface area contributed by atoms with Gasteiger partial charge < -0.3 is 9.88 Å². The van der Waals surface area contributed by atoms with Gasteiger partial charge in [0, 0.05) is 47.3 Å². The molecule has 4 nitrogen and oxygen atoms in total. The van der Waals surface area contributed by atoms with Crippen LogP contribution in [0.5, 0.6) is 0 Å². The monoisotopic (exact) mass is 243 g/mol. The number of aromatic nitrogens is 2. The van der Waals surface area contributed by atoms with Gasteiger partial charge in [-0.2, -0.15) is 0 Å². The number of rotatable bonds is 6. The molecule has 5 heteroatoms. The largest absolute Gasteiger partial charge is 0.353 e. The molecule has 16 heavy (non-hydrogen) atoms. The molecule has 1 rings (SSSR count). The van der Waals surface area contributed by atoms with Gasteiger partial charge in [0.1, 0.15) is 0 Å². The minimum Gasteiger partial charge on any atom is -0.353 e. The summed E-state index contributed by atoms with van der Waals surface area (Å²) in [6.45, 7) is 7.05. The predicted octanol–water partition coefficient (Wildman–Crippen LogP) is 1.86. The zero-order valence-corrected chi connectivity index (χ0v) is 11.3. The lowest BCUT2D eigenvalue weighted by atomic mass is 10.3. The third-order valence-corrected chi connectivity index (χ3v) is 3.85. The summed E-state index contributed by atoms with van der Waals surface area (Å²) in [6, 6.07) is 0.374. The number of anilines is 1. The molecule has 0 saturated heterocycles. The zero-order chi connectivity index (χ0) is 12.1. The summed E-state index contributed by atoms with van der Waals surface area (Å²) in [4.78, 5) is 4.26. The van der Waals surface area contributed by atoms with Gasteiger partial charge in [0.25, 0.3) is 0 Å². The van der Waals surface area contributed by atoms with E-state index >= 15 is 0 Å². The number of nitrogens with one attached hydrogen (secondary N) is 1. The maximum absolute atomic E-state index is 11.2. The smallest absolute Gasteiger partial charge is 0.202 e. The van der Waals surface area contributed by atoms with Crippen LogP contribution in [0.1, 0.15) is 27.2 Å². The average molecular weight is 243 g/mol.